The first kappa shape index (κ1) is 25.4. The van der Waals surface area contributed by atoms with Gasteiger partial charge in [0.2, 0.25) is 0 Å². The molecule has 35 heavy (non-hydrogen) atoms. The van der Waals surface area contributed by atoms with E-state index in [9.17, 15) is 9.59 Å². The van der Waals surface area contributed by atoms with Crippen molar-refractivity contribution in [2.24, 2.45) is 4.99 Å². The van der Waals surface area contributed by atoms with Crippen LogP contribution in [0.25, 0.3) is 6.08 Å². The first-order valence-electron chi connectivity index (χ1n) is 10.7. The van der Waals surface area contributed by atoms with Crippen LogP contribution in [0.15, 0.2) is 66.4 Å². The van der Waals surface area contributed by atoms with Crippen LogP contribution in [-0.2, 0) is 9.53 Å². The van der Waals surface area contributed by atoms with Crippen molar-refractivity contribution in [2.75, 3.05) is 20.8 Å². The lowest BCUT2D eigenvalue weighted by atomic mass is 9.96. The van der Waals surface area contributed by atoms with Crippen molar-refractivity contribution < 1.29 is 19.0 Å². The van der Waals surface area contributed by atoms with Crippen molar-refractivity contribution in [3.05, 3.63) is 87.4 Å². The van der Waals surface area contributed by atoms with Crippen LogP contribution in [0.4, 0.5) is 0 Å². The predicted octanol–water partition coefficient (Wildman–Crippen LogP) is 4.34. The predicted molar refractivity (Wildman–Crippen MR) is 142 cm³/mol. The number of hydrogen-bond donors (Lipinski definition) is 0. The van der Waals surface area contributed by atoms with Gasteiger partial charge >= 0.3 is 5.97 Å². The highest BCUT2D eigenvalue weighted by Crippen LogP contribution is 2.35. The lowest BCUT2D eigenvalue weighted by molar-refractivity contribution is -0.139. The molecular weight excluding hydrogens is 600 g/mol. The Morgan fingerprint density at radius 3 is 2.37 bits per heavy atom. The molecule has 0 bridgehead atoms. The fraction of sp³-hybridized carbons (Fsp3) is 0.240. The summed E-state index contributed by atoms with van der Waals surface area (Å²) in [4.78, 5) is 31.8. The maximum absolute atomic E-state index is 13.7. The number of nitrogens with zero attached hydrogens (tertiary/aromatic N) is 2. The summed E-state index contributed by atoms with van der Waals surface area (Å²) in [6, 6.07) is 10.4. The topological polar surface area (TPSA) is 79.1 Å². The Hall–Kier alpha value is -2.69. The van der Waals surface area contributed by atoms with Gasteiger partial charge < -0.3 is 14.2 Å². The Kier molecular flexibility index (Phi) is 7.63. The fourth-order valence-corrected chi connectivity index (χ4v) is 6.05. The van der Waals surface area contributed by atoms with Gasteiger partial charge in [0.1, 0.15) is 11.5 Å². The molecule has 0 aliphatic carbocycles. The minimum absolute atomic E-state index is 0.214. The van der Waals surface area contributed by atoms with Crippen molar-refractivity contribution in [2.45, 2.75) is 19.9 Å². The normalized spacial score (nSPS) is 15.5. The number of rotatable bonds is 6. The largest absolute Gasteiger partial charge is 0.496 e. The van der Waals surface area contributed by atoms with Crippen LogP contribution in [0.3, 0.4) is 0 Å². The lowest BCUT2D eigenvalue weighted by Crippen LogP contribution is -2.39. The Morgan fingerprint density at radius 2 is 1.77 bits per heavy atom. The number of hydrogen-bond acceptors (Lipinski definition) is 7. The van der Waals surface area contributed by atoms with Gasteiger partial charge in [-0.05, 0) is 87.2 Å². The number of methoxy groups -OCH3 is 2. The molecule has 0 spiro atoms. The summed E-state index contributed by atoms with van der Waals surface area (Å²) in [6.45, 7) is 3.72. The molecule has 0 fully saturated rings. The number of aromatic nitrogens is 1. The molecule has 0 N–H and O–H groups in total. The molecule has 1 aliphatic rings. The van der Waals surface area contributed by atoms with E-state index in [0.717, 1.165) is 15.6 Å². The van der Waals surface area contributed by atoms with Gasteiger partial charge in [-0.1, -0.05) is 23.5 Å². The van der Waals surface area contributed by atoms with Gasteiger partial charge in [0.05, 0.1) is 51.6 Å². The number of fused-ring (bicyclic) bond motifs is 1. The number of allylic oxidation sites excluding steroid dienone is 1. The molecule has 1 aromatic heterocycles. The molecule has 0 amide bonds. The lowest BCUT2D eigenvalue weighted by Gasteiger charge is -2.25. The summed E-state index contributed by atoms with van der Waals surface area (Å²) >= 11 is 8.27. The summed E-state index contributed by atoms with van der Waals surface area (Å²) in [5.41, 5.74) is 2.16. The average molecular weight is 622 g/mol. The number of carbonyl (C=O) groups excluding carboxylic acids is 1. The smallest absolute Gasteiger partial charge is 0.338 e. The summed E-state index contributed by atoms with van der Waals surface area (Å²) in [5, 5.41) is 0. The van der Waals surface area contributed by atoms with E-state index < -0.39 is 12.0 Å². The first-order valence-corrected chi connectivity index (χ1v) is 13.1. The quantitative estimate of drug-likeness (QED) is 0.383. The van der Waals surface area contributed by atoms with Crippen molar-refractivity contribution in [3.8, 4) is 11.5 Å². The van der Waals surface area contributed by atoms with E-state index in [2.05, 4.69) is 36.9 Å². The van der Waals surface area contributed by atoms with Crippen LogP contribution < -0.4 is 24.4 Å². The molecule has 0 saturated heterocycles. The van der Waals surface area contributed by atoms with Crippen LogP contribution in [0.5, 0.6) is 11.5 Å². The molecule has 182 valence electrons. The summed E-state index contributed by atoms with van der Waals surface area (Å²) in [6.07, 6.45) is 1.80. The van der Waals surface area contributed by atoms with Gasteiger partial charge in [-0.15, -0.1) is 0 Å². The Balaban J connectivity index is 1.94. The van der Waals surface area contributed by atoms with Gasteiger partial charge in [0.25, 0.3) is 5.56 Å². The summed E-state index contributed by atoms with van der Waals surface area (Å²) in [5.74, 6) is 0.840. The number of carbonyl (C=O) groups is 1. The maximum atomic E-state index is 13.7. The molecule has 1 aliphatic heterocycles. The molecule has 3 aromatic rings. The average Bonchev–Trinajstić information content (AvgIpc) is 3.12. The third kappa shape index (κ3) is 4.87. The van der Waals surface area contributed by atoms with E-state index in [1.807, 2.05) is 30.3 Å². The molecule has 0 radical (unpaired) electrons. The van der Waals surface area contributed by atoms with E-state index in [1.165, 1.54) is 11.3 Å². The standard InChI is InChI=1S/C25H22Br2N2O5S/c1-5-34-24(31)21-13(2)28-25-29(22(21)15-7-9-19(33-4)17(27)12-15)23(30)20(35-25)11-14-6-8-18(32-3)16(26)10-14/h6-12,22H,5H2,1-4H3/b20-11+/t22-/m1/s1. The summed E-state index contributed by atoms with van der Waals surface area (Å²) in [7, 11) is 3.17. The Bertz CT molecular complexity index is 1520. The molecule has 1 atom stereocenters. The van der Waals surface area contributed by atoms with Gasteiger partial charge in [0, 0.05) is 0 Å². The number of halogens is 2. The maximum Gasteiger partial charge on any atom is 0.338 e. The minimum atomic E-state index is -0.697. The van der Waals surface area contributed by atoms with Crippen LogP contribution >= 0.6 is 43.2 Å². The molecule has 0 saturated carbocycles. The number of thiazole rings is 1. The third-order valence-electron chi connectivity index (χ3n) is 5.48. The molecule has 4 rings (SSSR count). The highest BCUT2D eigenvalue weighted by Gasteiger charge is 2.33. The molecule has 2 heterocycles. The van der Waals surface area contributed by atoms with E-state index in [4.69, 9.17) is 14.2 Å². The van der Waals surface area contributed by atoms with Crippen molar-refractivity contribution >= 4 is 55.2 Å². The van der Waals surface area contributed by atoms with Crippen molar-refractivity contribution in [1.82, 2.24) is 4.57 Å². The number of ether oxygens (including phenoxy) is 3. The molecule has 10 heteroatoms. The SMILES string of the molecule is CCOC(=O)C1=C(C)N=c2s/c(=C/c3ccc(OC)c(Br)c3)c(=O)n2[C@@H]1c1ccc(OC)c(Br)c1. The first-order chi connectivity index (χ1) is 16.8. The van der Waals surface area contributed by atoms with Crippen LogP contribution in [0.2, 0.25) is 0 Å². The summed E-state index contributed by atoms with van der Waals surface area (Å²) < 4.78 is 19.5. The second-order valence-electron chi connectivity index (χ2n) is 7.59. The second-order valence-corrected chi connectivity index (χ2v) is 10.3. The van der Waals surface area contributed by atoms with E-state index in [0.29, 0.717) is 36.6 Å². The van der Waals surface area contributed by atoms with Gasteiger partial charge in [-0.25, -0.2) is 9.79 Å². The van der Waals surface area contributed by atoms with E-state index in [1.54, 1.807) is 44.8 Å². The molecule has 2 aromatic carbocycles. The van der Waals surface area contributed by atoms with E-state index in [-0.39, 0.29) is 12.2 Å². The molecule has 0 unspecified atom stereocenters. The Labute approximate surface area is 222 Å². The van der Waals surface area contributed by atoms with Gasteiger partial charge in [-0.2, -0.15) is 0 Å². The number of esters is 1. The van der Waals surface area contributed by atoms with Crippen LogP contribution in [0, 0.1) is 0 Å². The molecule has 7 nitrogen and oxygen atoms in total. The zero-order valence-electron chi connectivity index (χ0n) is 19.4. The zero-order valence-corrected chi connectivity index (χ0v) is 23.4. The minimum Gasteiger partial charge on any atom is -0.496 e. The Morgan fingerprint density at radius 1 is 1.11 bits per heavy atom. The number of benzene rings is 2. The van der Waals surface area contributed by atoms with Gasteiger partial charge in [-0.3, -0.25) is 9.36 Å². The van der Waals surface area contributed by atoms with Crippen molar-refractivity contribution in [3.63, 3.8) is 0 Å². The third-order valence-corrected chi connectivity index (χ3v) is 7.70. The van der Waals surface area contributed by atoms with Gasteiger partial charge in [0.15, 0.2) is 4.80 Å². The van der Waals surface area contributed by atoms with Crippen molar-refractivity contribution in [1.29, 1.82) is 0 Å². The highest BCUT2D eigenvalue weighted by molar-refractivity contribution is 9.10. The highest BCUT2D eigenvalue weighted by atomic mass is 79.9. The fourth-order valence-electron chi connectivity index (χ4n) is 3.88. The monoisotopic (exact) mass is 620 g/mol. The van der Waals surface area contributed by atoms with Crippen LogP contribution in [-0.4, -0.2) is 31.4 Å². The van der Waals surface area contributed by atoms with E-state index >= 15 is 0 Å². The molecular formula is C25H22Br2N2O5S. The zero-order chi connectivity index (χ0) is 25.3. The van der Waals surface area contributed by atoms with Crippen LogP contribution in [0.1, 0.15) is 31.0 Å². The second kappa shape index (κ2) is 10.5.